The number of benzene rings is 2. The molecule has 0 aromatic heterocycles. The highest BCUT2D eigenvalue weighted by molar-refractivity contribution is 5.95. The van der Waals surface area contributed by atoms with Gasteiger partial charge in [-0.1, -0.05) is 139 Å². The molecule has 4 N–H and O–H groups in total. The van der Waals surface area contributed by atoms with E-state index in [2.05, 4.69) is 74.5 Å². The summed E-state index contributed by atoms with van der Waals surface area (Å²) in [6, 6.07) is 21.1. The number of rotatable bonds is 20. The van der Waals surface area contributed by atoms with E-state index in [4.69, 9.17) is 20.4 Å². The first-order valence-corrected chi connectivity index (χ1v) is 16.0. The van der Waals surface area contributed by atoms with Crippen LogP contribution in [0.25, 0.3) is 0 Å². The van der Waals surface area contributed by atoms with E-state index in [0.717, 1.165) is 57.1 Å². The number of carbonyl (C=O) groups is 4. The summed E-state index contributed by atoms with van der Waals surface area (Å²) < 4.78 is 0. The molecule has 0 aliphatic heterocycles. The molecule has 248 valence electrons. The van der Waals surface area contributed by atoms with Crippen molar-refractivity contribution in [1.82, 2.24) is 0 Å². The molecule has 0 aliphatic carbocycles. The van der Waals surface area contributed by atoms with E-state index in [1.54, 1.807) is 0 Å². The van der Waals surface area contributed by atoms with E-state index >= 15 is 0 Å². The molecule has 0 unspecified atom stereocenters. The van der Waals surface area contributed by atoms with E-state index in [0.29, 0.717) is 12.8 Å². The lowest BCUT2D eigenvalue weighted by Gasteiger charge is -2.01. The predicted octanol–water partition coefficient (Wildman–Crippen LogP) is 8.94. The summed E-state index contributed by atoms with van der Waals surface area (Å²) in [5.74, 6) is -4.64. The Kier molecular flexibility index (Phi) is 24.8. The van der Waals surface area contributed by atoms with Crippen LogP contribution in [0.5, 0.6) is 0 Å². The van der Waals surface area contributed by atoms with Crippen molar-refractivity contribution >= 4 is 23.9 Å². The van der Waals surface area contributed by atoms with Crippen LogP contribution in [0.15, 0.2) is 84.0 Å². The first-order valence-electron chi connectivity index (χ1n) is 16.0. The largest absolute Gasteiger partial charge is 0.478 e. The van der Waals surface area contributed by atoms with Crippen molar-refractivity contribution in [2.24, 2.45) is 0 Å². The lowest BCUT2D eigenvalue weighted by molar-refractivity contribution is -0.135. The SMILES string of the molecule is CCCCCCCC/C(=C/C(=O)O)C(=O)O.CCCCCCCC/C(=C/C(=O)O)C(=O)O.c1ccc(Cc2ccccc2)cc1. The van der Waals surface area contributed by atoms with E-state index in [9.17, 15) is 19.2 Å². The third kappa shape index (κ3) is 24.9. The molecule has 0 saturated heterocycles. The third-order valence-electron chi connectivity index (χ3n) is 6.84. The van der Waals surface area contributed by atoms with Gasteiger partial charge in [-0.3, -0.25) is 0 Å². The van der Waals surface area contributed by atoms with Crippen LogP contribution in [0.1, 0.15) is 115 Å². The average Bonchev–Trinajstić information content (AvgIpc) is 3.00. The summed E-state index contributed by atoms with van der Waals surface area (Å²) in [4.78, 5) is 42.0. The van der Waals surface area contributed by atoms with Gasteiger partial charge < -0.3 is 20.4 Å². The van der Waals surface area contributed by atoms with Crippen molar-refractivity contribution in [3.05, 3.63) is 95.1 Å². The highest BCUT2D eigenvalue weighted by atomic mass is 16.4. The van der Waals surface area contributed by atoms with Crippen molar-refractivity contribution in [2.45, 2.75) is 110 Å². The van der Waals surface area contributed by atoms with Gasteiger partial charge in [0.05, 0.1) is 0 Å². The Hall–Kier alpha value is -4.20. The van der Waals surface area contributed by atoms with Crippen molar-refractivity contribution in [3.63, 3.8) is 0 Å². The van der Waals surface area contributed by atoms with Crippen molar-refractivity contribution in [2.75, 3.05) is 0 Å². The van der Waals surface area contributed by atoms with Crippen LogP contribution in [0, 0.1) is 0 Å². The van der Waals surface area contributed by atoms with Crippen LogP contribution in [0.2, 0.25) is 0 Å². The monoisotopic (exact) mass is 624 g/mol. The number of hydrogen-bond acceptors (Lipinski definition) is 4. The van der Waals surface area contributed by atoms with E-state index in [1.807, 2.05) is 0 Å². The molecule has 0 radical (unpaired) electrons. The number of carboxylic acids is 4. The molecule has 0 bridgehead atoms. The van der Waals surface area contributed by atoms with Gasteiger partial charge in [-0.05, 0) is 43.2 Å². The summed E-state index contributed by atoms with van der Waals surface area (Å²) in [5, 5.41) is 34.4. The molecule has 0 saturated carbocycles. The van der Waals surface area contributed by atoms with Crippen LogP contribution >= 0.6 is 0 Å². The molecular weight excluding hydrogens is 572 g/mol. The molecule has 45 heavy (non-hydrogen) atoms. The van der Waals surface area contributed by atoms with Gasteiger partial charge in [-0.2, -0.15) is 0 Å². The fourth-order valence-corrected chi connectivity index (χ4v) is 4.40. The van der Waals surface area contributed by atoms with Crippen molar-refractivity contribution in [1.29, 1.82) is 0 Å². The molecule has 0 atom stereocenters. The van der Waals surface area contributed by atoms with Crippen LogP contribution in [0.3, 0.4) is 0 Å². The highest BCUT2D eigenvalue weighted by Crippen LogP contribution is 2.13. The summed E-state index contributed by atoms with van der Waals surface area (Å²) in [6.07, 6.45) is 16.0. The number of carboxylic acid groups (broad SMARTS) is 4. The van der Waals surface area contributed by atoms with E-state index < -0.39 is 23.9 Å². The normalized spacial score (nSPS) is 11.0. The van der Waals surface area contributed by atoms with Gasteiger partial charge in [0.15, 0.2) is 0 Å². The Labute approximate surface area is 268 Å². The summed E-state index contributed by atoms with van der Waals surface area (Å²) >= 11 is 0. The zero-order valence-corrected chi connectivity index (χ0v) is 27.0. The van der Waals surface area contributed by atoms with Crippen LogP contribution < -0.4 is 0 Å². The quantitative estimate of drug-likeness (QED) is 0.0842. The maximum atomic E-state index is 10.7. The molecule has 0 heterocycles. The maximum Gasteiger partial charge on any atom is 0.331 e. The second-order valence-corrected chi connectivity index (χ2v) is 10.8. The summed E-state index contributed by atoms with van der Waals surface area (Å²) in [6.45, 7) is 4.27. The smallest absolute Gasteiger partial charge is 0.331 e. The number of hydrogen-bond donors (Lipinski definition) is 4. The Morgan fingerprint density at radius 3 is 1.09 bits per heavy atom. The van der Waals surface area contributed by atoms with Gasteiger partial charge in [0.1, 0.15) is 0 Å². The minimum absolute atomic E-state index is 0.0111. The molecule has 0 spiro atoms. The van der Waals surface area contributed by atoms with Crippen molar-refractivity contribution < 1.29 is 39.6 Å². The Morgan fingerprint density at radius 1 is 0.489 bits per heavy atom. The zero-order chi connectivity index (χ0) is 33.7. The Morgan fingerprint density at radius 2 is 0.800 bits per heavy atom. The standard InChI is InChI=1S/C13H12.2C12H20O4/c1-3-7-12(8-4-1)11-13-9-5-2-6-10-13;2*1-2-3-4-5-6-7-8-10(12(15)16)9-11(13)14/h1-10H,11H2;2*9H,2-8H2,1H3,(H,13,14)(H,15,16)/b;2*10-9-. The fourth-order valence-electron chi connectivity index (χ4n) is 4.40. The summed E-state index contributed by atoms with van der Waals surface area (Å²) in [5.41, 5.74) is 2.72. The zero-order valence-electron chi connectivity index (χ0n) is 27.0. The maximum absolute atomic E-state index is 10.7. The van der Waals surface area contributed by atoms with Gasteiger partial charge in [0.2, 0.25) is 0 Å². The van der Waals surface area contributed by atoms with Crippen LogP contribution in [-0.4, -0.2) is 44.3 Å². The topological polar surface area (TPSA) is 149 Å². The average molecular weight is 625 g/mol. The Balaban J connectivity index is 0.000000648. The van der Waals surface area contributed by atoms with E-state index in [1.165, 1.54) is 49.7 Å². The van der Waals surface area contributed by atoms with Crippen molar-refractivity contribution in [3.8, 4) is 0 Å². The molecule has 0 aliphatic rings. The van der Waals surface area contributed by atoms with Crippen LogP contribution in [-0.2, 0) is 25.6 Å². The minimum Gasteiger partial charge on any atom is -0.478 e. The van der Waals surface area contributed by atoms with Gasteiger partial charge >= 0.3 is 23.9 Å². The third-order valence-corrected chi connectivity index (χ3v) is 6.84. The first kappa shape index (κ1) is 40.8. The number of aliphatic carboxylic acids is 4. The van der Waals surface area contributed by atoms with Gasteiger partial charge in [0.25, 0.3) is 0 Å². The molecule has 0 fully saturated rings. The molecule has 8 heteroatoms. The van der Waals surface area contributed by atoms with E-state index in [-0.39, 0.29) is 11.1 Å². The van der Waals surface area contributed by atoms with Gasteiger partial charge in [0, 0.05) is 23.3 Å². The fraction of sp³-hybridized carbons (Fsp3) is 0.459. The molecule has 2 aromatic rings. The highest BCUT2D eigenvalue weighted by Gasteiger charge is 2.09. The minimum atomic E-state index is -1.19. The second kappa shape index (κ2) is 27.4. The molecule has 2 aromatic carbocycles. The molecular formula is C37H52O8. The lowest BCUT2D eigenvalue weighted by Crippen LogP contribution is -2.04. The van der Waals surface area contributed by atoms with Gasteiger partial charge in [-0.25, -0.2) is 19.2 Å². The Bertz CT molecular complexity index is 1060. The first-order chi connectivity index (χ1) is 21.6. The summed E-state index contributed by atoms with van der Waals surface area (Å²) in [7, 11) is 0. The molecule has 2 rings (SSSR count). The predicted molar refractivity (Wildman–Crippen MR) is 178 cm³/mol. The van der Waals surface area contributed by atoms with Gasteiger partial charge in [-0.15, -0.1) is 0 Å². The second-order valence-electron chi connectivity index (χ2n) is 10.8. The van der Waals surface area contributed by atoms with Crippen LogP contribution in [0.4, 0.5) is 0 Å². The molecule has 0 amide bonds. The molecule has 8 nitrogen and oxygen atoms in total. The number of unbranched alkanes of at least 4 members (excludes halogenated alkanes) is 10. The lowest BCUT2D eigenvalue weighted by atomic mass is 10.0.